The molecule has 21 heteroatoms. The molecular formula is C54H90O21. The summed E-state index contributed by atoms with van der Waals surface area (Å²) in [6.07, 6.45) is -16.8. The Morgan fingerprint density at radius 2 is 1.13 bits per heavy atom. The van der Waals surface area contributed by atoms with Gasteiger partial charge in [0.15, 0.2) is 25.2 Å². The molecule has 30 unspecified atom stereocenters. The molecule has 0 aromatic carbocycles. The summed E-state index contributed by atoms with van der Waals surface area (Å²) in [4.78, 5) is 0. The number of ether oxygens (including phenoxy) is 8. The minimum absolute atomic E-state index is 0.00626. The van der Waals surface area contributed by atoms with Crippen LogP contribution >= 0.6 is 0 Å². The Balaban J connectivity index is 0.777. The van der Waals surface area contributed by atoms with E-state index in [2.05, 4.69) is 34.6 Å². The lowest BCUT2D eigenvalue weighted by Gasteiger charge is -2.63. The molecule has 0 aromatic rings. The van der Waals surface area contributed by atoms with Crippen LogP contribution in [-0.4, -0.2) is 221 Å². The average molecular weight is 1080 g/mol. The van der Waals surface area contributed by atoms with Gasteiger partial charge in [0.25, 0.3) is 0 Å². The van der Waals surface area contributed by atoms with Gasteiger partial charge in [-0.2, -0.15) is 0 Å². The zero-order chi connectivity index (χ0) is 54.6. The molecule has 0 bridgehead atoms. The maximum atomic E-state index is 11.8. The van der Waals surface area contributed by atoms with Crippen LogP contribution in [0, 0.1) is 50.7 Å². The Morgan fingerprint density at radius 3 is 1.81 bits per heavy atom. The minimum Gasteiger partial charge on any atom is -0.394 e. The van der Waals surface area contributed by atoms with Gasteiger partial charge in [0.2, 0.25) is 0 Å². The molecule has 0 amide bonds. The van der Waals surface area contributed by atoms with Crippen molar-refractivity contribution in [2.24, 2.45) is 50.7 Å². The number of fused-ring (bicyclic) bond motifs is 2. The van der Waals surface area contributed by atoms with Crippen molar-refractivity contribution in [1.82, 2.24) is 0 Å². The third-order valence-electron chi connectivity index (χ3n) is 21.7. The van der Waals surface area contributed by atoms with E-state index in [1.54, 1.807) is 6.92 Å². The molecule has 9 aliphatic rings. The molecule has 30 atom stereocenters. The summed E-state index contributed by atoms with van der Waals surface area (Å²) < 4.78 is 47.0. The lowest BCUT2D eigenvalue weighted by atomic mass is 9.41. The van der Waals surface area contributed by atoms with Crippen molar-refractivity contribution in [3.05, 3.63) is 11.6 Å². The predicted molar refractivity (Wildman–Crippen MR) is 261 cm³/mol. The Kier molecular flexibility index (Phi) is 16.9. The molecule has 5 aliphatic carbocycles. The summed E-state index contributed by atoms with van der Waals surface area (Å²) in [6.45, 7) is 15.7. The zero-order valence-corrected chi connectivity index (χ0v) is 44.9. The first-order valence-corrected chi connectivity index (χ1v) is 27.8. The molecule has 4 aliphatic heterocycles. The number of rotatable bonds is 15. The van der Waals surface area contributed by atoms with Gasteiger partial charge < -0.3 is 104 Å². The minimum atomic E-state index is -1.68. The van der Waals surface area contributed by atoms with E-state index < -0.39 is 142 Å². The van der Waals surface area contributed by atoms with Crippen LogP contribution in [0.5, 0.6) is 0 Å². The van der Waals surface area contributed by atoms with E-state index in [4.69, 9.17) is 37.9 Å². The molecule has 4 saturated heterocycles. The van der Waals surface area contributed by atoms with Gasteiger partial charge >= 0.3 is 0 Å². The second-order valence-corrected chi connectivity index (χ2v) is 25.7. The number of aliphatic hydroxyl groups is 13. The third-order valence-corrected chi connectivity index (χ3v) is 21.7. The van der Waals surface area contributed by atoms with Crippen molar-refractivity contribution in [1.29, 1.82) is 0 Å². The first-order valence-electron chi connectivity index (χ1n) is 27.8. The van der Waals surface area contributed by atoms with Crippen LogP contribution in [0.2, 0.25) is 0 Å². The van der Waals surface area contributed by atoms with Crippen molar-refractivity contribution < 1.29 is 104 Å². The highest BCUT2D eigenvalue weighted by Gasteiger charge is 2.82. The van der Waals surface area contributed by atoms with Crippen molar-refractivity contribution in [2.75, 3.05) is 19.8 Å². The summed E-state index contributed by atoms with van der Waals surface area (Å²) in [6, 6.07) is 0. The van der Waals surface area contributed by atoms with Crippen molar-refractivity contribution in [2.45, 2.75) is 255 Å². The van der Waals surface area contributed by atoms with Gasteiger partial charge in [-0.3, -0.25) is 0 Å². The highest BCUT2D eigenvalue weighted by atomic mass is 16.7. The first-order chi connectivity index (χ1) is 35.2. The maximum absolute atomic E-state index is 11.8. The first kappa shape index (κ1) is 58.6. The molecule has 75 heavy (non-hydrogen) atoms. The summed E-state index contributed by atoms with van der Waals surface area (Å²) in [7, 11) is 0. The monoisotopic (exact) mass is 1070 g/mol. The second kappa shape index (κ2) is 21.7. The smallest absolute Gasteiger partial charge is 0.187 e. The fourth-order valence-corrected chi connectivity index (χ4v) is 16.9. The number of hydrogen-bond donors (Lipinski definition) is 13. The number of aliphatic hydroxyl groups excluding tert-OH is 13. The largest absolute Gasteiger partial charge is 0.394 e. The lowest BCUT2D eigenvalue weighted by molar-refractivity contribution is -0.363. The molecule has 13 N–H and O–H groups in total. The van der Waals surface area contributed by atoms with Gasteiger partial charge in [0, 0.05) is 0 Å². The summed E-state index contributed by atoms with van der Waals surface area (Å²) >= 11 is 0. The van der Waals surface area contributed by atoms with Crippen LogP contribution in [0.3, 0.4) is 0 Å². The normalized spacial score (nSPS) is 54.5. The van der Waals surface area contributed by atoms with Crippen LogP contribution in [0.4, 0.5) is 0 Å². The Hall–Kier alpha value is -1.10. The zero-order valence-electron chi connectivity index (χ0n) is 44.9. The van der Waals surface area contributed by atoms with Gasteiger partial charge in [-0.1, -0.05) is 46.3 Å². The van der Waals surface area contributed by atoms with Crippen LogP contribution in [0.25, 0.3) is 0 Å². The van der Waals surface area contributed by atoms with Crippen molar-refractivity contribution in [3.8, 4) is 0 Å². The van der Waals surface area contributed by atoms with Gasteiger partial charge in [-0.25, -0.2) is 0 Å². The van der Waals surface area contributed by atoms with E-state index >= 15 is 0 Å². The molecule has 0 radical (unpaired) electrons. The topological polar surface area (TPSA) is 337 Å². The highest BCUT2D eigenvalue weighted by molar-refractivity contribution is 5.31. The van der Waals surface area contributed by atoms with Crippen molar-refractivity contribution >= 4 is 0 Å². The van der Waals surface area contributed by atoms with Gasteiger partial charge in [-0.05, 0) is 136 Å². The van der Waals surface area contributed by atoms with E-state index in [-0.39, 0.29) is 45.7 Å². The van der Waals surface area contributed by atoms with Crippen LogP contribution in [0.1, 0.15) is 120 Å². The molecule has 9 rings (SSSR count). The molecule has 9 fully saturated rings. The fourth-order valence-electron chi connectivity index (χ4n) is 16.9. The van der Waals surface area contributed by atoms with E-state index in [0.717, 1.165) is 56.9 Å². The highest BCUT2D eigenvalue weighted by Crippen LogP contribution is 2.89. The molecular weight excluding hydrogens is 985 g/mol. The van der Waals surface area contributed by atoms with Gasteiger partial charge in [-0.15, -0.1) is 0 Å². The predicted octanol–water partition coefficient (Wildman–Crippen LogP) is -0.536. The summed E-state index contributed by atoms with van der Waals surface area (Å²) in [5, 5.41) is 138. The van der Waals surface area contributed by atoms with Crippen LogP contribution in [0.15, 0.2) is 11.6 Å². The van der Waals surface area contributed by atoms with Crippen LogP contribution < -0.4 is 0 Å². The molecule has 2 spiro atoms. The Labute approximate surface area is 440 Å². The average Bonchev–Trinajstić information content (AvgIpc) is 4.07. The maximum Gasteiger partial charge on any atom is 0.187 e. The third kappa shape index (κ3) is 9.75. The van der Waals surface area contributed by atoms with E-state index in [1.165, 1.54) is 13.3 Å². The van der Waals surface area contributed by atoms with Crippen LogP contribution in [-0.2, 0) is 37.9 Å². The van der Waals surface area contributed by atoms with Gasteiger partial charge in [0.05, 0.1) is 44.2 Å². The summed E-state index contributed by atoms with van der Waals surface area (Å²) in [5.74, 6) is 1.25. The molecule has 21 nitrogen and oxygen atoms in total. The van der Waals surface area contributed by atoms with Gasteiger partial charge in [0.1, 0.15) is 85.5 Å². The lowest BCUT2D eigenvalue weighted by Crippen LogP contribution is -2.64. The standard InChI is InChI=1S/C54H90O21/c1-23(20-68-47-42(65)39(62)36(59)30(73-47)21-69-46-41(64)37(60)34(57)25(3)70-46)9-10-28(56)24(2)27-13-15-52(8)32-12-11-31-50(5,6)33(14-16-53(31)22-54(32,53)18-17-51(27,52)7)74-48-44(67)40(63)45(26(4)71-48)75-49-43(66)38(61)35(58)29(19-55)72-49/h9,24-49,55-67H,10-22H2,1-8H3. The van der Waals surface area contributed by atoms with E-state index in [9.17, 15) is 66.4 Å². The van der Waals surface area contributed by atoms with Crippen molar-refractivity contribution in [3.63, 3.8) is 0 Å². The molecule has 0 aromatic heterocycles. The Bertz CT molecular complexity index is 2000. The molecule has 5 saturated carbocycles. The Morgan fingerprint density at radius 1 is 0.573 bits per heavy atom. The number of hydrogen-bond acceptors (Lipinski definition) is 21. The fraction of sp³-hybridized carbons (Fsp3) is 0.963. The molecule has 432 valence electrons. The second-order valence-electron chi connectivity index (χ2n) is 25.7. The quantitative estimate of drug-likeness (QED) is 0.0724. The molecule has 4 heterocycles. The SMILES string of the molecule is CC(=CCC(O)C(C)C1CCC2(C)C3CCC4C(C)(C)C(OC5OC(C)C(OC6OC(CO)C(O)C(O)C6O)C(O)C5O)CCC45CC35CCC12C)COC1OC(COC2OC(C)C(O)C(O)C2O)C(O)C(O)C1O. The van der Waals surface area contributed by atoms with E-state index in [1.807, 2.05) is 13.0 Å². The summed E-state index contributed by atoms with van der Waals surface area (Å²) in [5.41, 5.74) is 1.00. The van der Waals surface area contributed by atoms with E-state index in [0.29, 0.717) is 24.2 Å².